The largest absolute Gasteiger partial charge is 0.456 e. The van der Waals surface area contributed by atoms with E-state index in [9.17, 15) is 8.42 Å². The van der Waals surface area contributed by atoms with Crippen molar-refractivity contribution in [2.24, 2.45) is 0 Å². The Kier molecular flexibility index (Phi) is 12.9. The number of thiophene rings is 2. The van der Waals surface area contributed by atoms with E-state index in [0.717, 1.165) is 103 Å². The first-order valence-corrected chi connectivity index (χ1v) is 32.8. The molecular weight excluding hydrogens is 1110 g/mol. The fourth-order valence-corrected chi connectivity index (χ4v) is 16.4. The van der Waals surface area contributed by atoms with Gasteiger partial charge in [0, 0.05) is 111 Å². The molecule has 6 nitrogen and oxygen atoms in total. The zero-order chi connectivity index (χ0) is 56.7. The molecule has 0 saturated carbocycles. The lowest BCUT2D eigenvalue weighted by atomic mass is 9.94. The Balaban J connectivity index is 0.000000149. The number of fused-ring (bicyclic) bond motifs is 19. The van der Waals surface area contributed by atoms with Gasteiger partial charge in [-0.1, -0.05) is 178 Å². The number of nitrogens with zero attached hydrogens (tertiary/aromatic N) is 3. The van der Waals surface area contributed by atoms with Crippen molar-refractivity contribution in [2.75, 3.05) is 12.5 Å². The van der Waals surface area contributed by atoms with Gasteiger partial charge in [-0.25, -0.2) is 9.97 Å². The van der Waals surface area contributed by atoms with Crippen molar-refractivity contribution in [2.45, 2.75) is 23.6 Å². The van der Waals surface area contributed by atoms with Gasteiger partial charge in [-0.2, -0.15) is 0 Å². The summed E-state index contributed by atoms with van der Waals surface area (Å²) < 4.78 is 39.3. The average Bonchev–Trinajstić information content (AvgIpc) is 1.75. The number of para-hydroxylation sites is 2. The average molecular weight is 1160 g/mol. The molecule has 2 atom stereocenters. The molecule has 0 aliphatic heterocycles. The van der Waals surface area contributed by atoms with Crippen molar-refractivity contribution in [3.05, 3.63) is 237 Å². The van der Waals surface area contributed by atoms with E-state index >= 15 is 0 Å². The van der Waals surface area contributed by atoms with E-state index in [1.54, 1.807) is 12.5 Å². The summed E-state index contributed by atoms with van der Waals surface area (Å²) >= 11 is 3.70. The molecule has 10 heteroatoms. The second kappa shape index (κ2) is 20.9. The van der Waals surface area contributed by atoms with E-state index in [1.807, 2.05) is 115 Å². The molecule has 12 aromatic carbocycles. The van der Waals surface area contributed by atoms with Gasteiger partial charge in [0.2, 0.25) is 5.95 Å². The van der Waals surface area contributed by atoms with Crippen LogP contribution < -0.4 is 0 Å². The maximum Gasteiger partial charge on any atom is 0.235 e. The monoisotopic (exact) mass is 1160 g/mol. The number of hydrogen-bond donors (Lipinski definition) is 0. The van der Waals surface area contributed by atoms with Crippen molar-refractivity contribution in [3.8, 4) is 39.5 Å². The summed E-state index contributed by atoms with van der Waals surface area (Å²) in [4.78, 5) is 12.2. The maximum absolute atomic E-state index is 12.9. The Morgan fingerprint density at radius 2 is 0.988 bits per heavy atom. The third-order valence-electron chi connectivity index (χ3n) is 16.0. The minimum Gasteiger partial charge on any atom is -0.456 e. The Morgan fingerprint density at radius 3 is 1.76 bits per heavy atom. The molecule has 17 aromatic rings. The number of hydrogen-bond acceptors (Lipinski definition) is 7. The molecule has 2 unspecified atom stereocenters. The number of furan rings is 1. The van der Waals surface area contributed by atoms with Crippen LogP contribution in [-0.4, -0.2) is 35.5 Å². The van der Waals surface area contributed by atoms with Crippen LogP contribution in [0.15, 0.2) is 251 Å². The molecule has 0 radical (unpaired) electrons. The molecule has 0 aliphatic rings. The fourth-order valence-electron chi connectivity index (χ4n) is 12.5. The first-order valence-electron chi connectivity index (χ1n) is 28.0. The van der Waals surface area contributed by atoms with Gasteiger partial charge in [0.1, 0.15) is 11.2 Å². The fraction of sp³-hybridized carbons (Fsp3) is 0.0541. The Bertz CT molecular complexity index is 5560. The van der Waals surface area contributed by atoms with Crippen LogP contribution in [0.25, 0.3) is 156 Å². The van der Waals surface area contributed by atoms with Gasteiger partial charge in [-0.3, -0.25) is 13.0 Å². The molecular formula is C74H51N3O3S4. The first-order chi connectivity index (χ1) is 41.3. The molecule has 0 bridgehead atoms. The summed E-state index contributed by atoms with van der Waals surface area (Å²) in [7, 11) is -2.21. The van der Waals surface area contributed by atoms with Crippen molar-refractivity contribution >= 4 is 161 Å². The topological polar surface area (TPSA) is 78.0 Å². The predicted octanol–water partition coefficient (Wildman–Crippen LogP) is 20.9. The molecule has 5 heterocycles. The van der Waals surface area contributed by atoms with Crippen LogP contribution in [0, 0.1) is 0 Å². The summed E-state index contributed by atoms with van der Waals surface area (Å²) in [5, 5.41) is 15.4. The van der Waals surface area contributed by atoms with Gasteiger partial charge in [0.05, 0.1) is 43.8 Å². The van der Waals surface area contributed by atoms with Crippen LogP contribution in [0.3, 0.4) is 0 Å². The van der Waals surface area contributed by atoms with Crippen LogP contribution in [0.4, 0.5) is 0 Å². The molecule has 0 N–H and O–H groups in total. The van der Waals surface area contributed by atoms with Crippen molar-refractivity contribution in [1.82, 2.24) is 14.5 Å². The van der Waals surface area contributed by atoms with Crippen LogP contribution in [0.5, 0.6) is 0 Å². The van der Waals surface area contributed by atoms with Gasteiger partial charge >= 0.3 is 0 Å². The van der Waals surface area contributed by atoms with E-state index in [-0.39, 0.29) is 0 Å². The van der Waals surface area contributed by atoms with E-state index in [1.165, 1.54) is 56.7 Å². The first kappa shape index (κ1) is 51.7. The standard InChI is InChI=1S/C43H27N3O2S.C29H18OS3.C2H6/c1-49(47)38-18-10-7-13-29(38)28-20-22-34-32(25-28)40-35(23-19-26-21-24-37-41(39(26)40)31-15-6-9-17-36(31)48-37)46(34)43-44-33-16-8-5-14-30(33)42(45-43)27-11-3-2-4-12-27;1-33(30)25-13-7-4-8-18(25)21-16-17-14-15-24-27(19-9-2-5-11-22(19)31-24)26(17)28-20-10-3-6-12-23(20)32-29(21)28;1-2/h2-25H,1H3;2-16H,1H3;1-2H3. The second-order valence-electron chi connectivity index (χ2n) is 20.7. The SMILES string of the molecule is CC.CS(=O)c1ccccc1-c1cc2ccc3sc4ccccc4c3c2c2c1sc1ccccc12.CS(=O)c1ccccc1-c1ccc2c(c1)c1c3c(ccc4oc5ccccc5c43)ccc1n2-c1nc(-c2ccccc2)c2ccccc2n1. The summed E-state index contributed by atoms with van der Waals surface area (Å²) in [5.74, 6) is 0.601. The summed E-state index contributed by atoms with van der Waals surface area (Å²) in [6.07, 6.45) is 3.50. The Hall–Kier alpha value is -9.16. The smallest absolute Gasteiger partial charge is 0.235 e. The number of rotatable bonds is 6. The van der Waals surface area contributed by atoms with E-state index < -0.39 is 21.6 Å². The molecule has 0 amide bonds. The van der Waals surface area contributed by atoms with Crippen LogP contribution in [0.1, 0.15) is 13.8 Å². The quantitative estimate of drug-likeness (QED) is 0.166. The van der Waals surface area contributed by atoms with Gasteiger partial charge in [0.15, 0.2) is 0 Å². The van der Waals surface area contributed by atoms with Crippen molar-refractivity contribution in [3.63, 3.8) is 0 Å². The van der Waals surface area contributed by atoms with Crippen molar-refractivity contribution < 1.29 is 12.8 Å². The van der Waals surface area contributed by atoms with E-state index in [4.69, 9.17) is 14.4 Å². The minimum atomic E-state index is -1.15. The highest BCUT2D eigenvalue weighted by atomic mass is 32.2. The molecule has 404 valence electrons. The number of aromatic nitrogens is 3. The minimum absolute atomic E-state index is 0.601. The molecule has 0 aliphatic carbocycles. The molecule has 0 spiro atoms. The van der Waals surface area contributed by atoms with Gasteiger partial charge < -0.3 is 4.42 Å². The zero-order valence-corrected chi connectivity index (χ0v) is 49.5. The van der Waals surface area contributed by atoms with Crippen LogP contribution in [0.2, 0.25) is 0 Å². The predicted molar refractivity (Wildman–Crippen MR) is 361 cm³/mol. The van der Waals surface area contributed by atoms with Gasteiger partial charge in [-0.15, -0.1) is 22.7 Å². The molecule has 0 saturated heterocycles. The Labute approximate surface area is 496 Å². The lowest BCUT2D eigenvalue weighted by Crippen LogP contribution is -2.03. The van der Waals surface area contributed by atoms with Gasteiger partial charge in [0.25, 0.3) is 0 Å². The maximum atomic E-state index is 12.9. The zero-order valence-electron chi connectivity index (χ0n) is 46.2. The normalized spacial score (nSPS) is 12.5. The van der Waals surface area contributed by atoms with Crippen LogP contribution >= 0.6 is 22.7 Å². The highest BCUT2D eigenvalue weighted by Gasteiger charge is 2.24. The third kappa shape index (κ3) is 8.30. The lowest BCUT2D eigenvalue weighted by Gasteiger charge is -2.12. The lowest BCUT2D eigenvalue weighted by molar-refractivity contribution is 0.669. The van der Waals surface area contributed by atoms with Crippen LogP contribution in [-0.2, 0) is 21.6 Å². The number of benzene rings is 12. The summed E-state index contributed by atoms with van der Waals surface area (Å²) in [6, 6.07) is 82.2. The van der Waals surface area contributed by atoms with Crippen molar-refractivity contribution in [1.29, 1.82) is 0 Å². The second-order valence-corrected chi connectivity index (χ2v) is 25.5. The Morgan fingerprint density at radius 1 is 0.393 bits per heavy atom. The van der Waals surface area contributed by atoms with E-state index in [0.29, 0.717) is 5.95 Å². The van der Waals surface area contributed by atoms with E-state index in [2.05, 4.69) is 162 Å². The molecule has 17 rings (SSSR count). The third-order valence-corrected chi connectivity index (χ3v) is 20.3. The molecule has 5 aromatic heterocycles. The highest BCUT2D eigenvalue weighted by Crippen LogP contribution is 2.50. The molecule has 0 fully saturated rings. The molecule has 84 heavy (non-hydrogen) atoms. The summed E-state index contributed by atoms with van der Waals surface area (Å²) in [6.45, 7) is 4.00. The van der Waals surface area contributed by atoms with Gasteiger partial charge in [-0.05, 0) is 100 Å². The summed E-state index contributed by atoms with van der Waals surface area (Å²) in [5.41, 5.74) is 10.7. The highest BCUT2D eigenvalue weighted by molar-refractivity contribution is 7.84.